The first kappa shape index (κ1) is 12.9. The Hall–Kier alpha value is -2.53. The van der Waals surface area contributed by atoms with Gasteiger partial charge in [-0.15, -0.1) is 0 Å². The van der Waals surface area contributed by atoms with E-state index in [9.17, 15) is 9.90 Å². The average Bonchev–Trinajstić information content (AvgIpc) is 2.41. The number of nitrogens with two attached hydrogens (primary N) is 2. The van der Waals surface area contributed by atoms with Crippen LogP contribution in [0.2, 0.25) is 0 Å². The zero-order valence-electron chi connectivity index (χ0n) is 10.2. The number of hydrogen-bond acceptors (Lipinski definition) is 4. The summed E-state index contributed by atoms with van der Waals surface area (Å²) in [6.07, 6.45) is 0. The van der Waals surface area contributed by atoms with Crippen LogP contribution in [-0.2, 0) is 6.61 Å². The van der Waals surface area contributed by atoms with E-state index in [0.29, 0.717) is 17.1 Å². The molecule has 0 fully saturated rings. The minimum Gasteiger partial charge on any atom is -0.455 e. The number of benzene rings is 2. The van der Waals surface area contributed by atoms with Crippen LogP contribution in [0.3, 0.4) is 0 Å². The van der Waals surface area contributed by atoms with E-state index in [1.807, 2.05) is 0 Å². The maximum absolute atomic E-state index is 11.2. The Morgan fingerprint density at radius 3 is 2.47 bits per heavy atom. The second-order valence-corrected chi connectivity index (χ2v) is 3.95. The Balaban J connectivity index is 2.39. The topological polar surface area (TPSA) is 98.6 Å². The van der Waals surface area contributed by atoms with Crippen LogP contribution in [0.25, 0.3) is 0 Å². The molecule has 2 aromatic rings. The standard InChI is InChI=1S/C14H14N2O3/c15-13-10(14(16)18)5-3-7-12(13)19-11-6-2-1-4-9(11)8-17/h1-7,17H,8,15H2,(H2,16,18). The highest BCUT2D eigenvalue weighted by atomic mass is 16.5. The van der Waals surface area contributed by atoms with Crippen molar-refractivity contribution in [2.24, 2.45) is 5.73 Å². The molecule has 0 bridgehead atoms. The van der Waals surface area contributed by atoms with Crippen LogP contribution in [0.1, 0.15) is 15.9 Å². The number of ether oxygens (including phenoxy) is 1. The molecule has 5 N–H and O–H groups in total. The van der Waals surface area contributed by atoms with E-state index < -0.39 is 5.91 Å². The summed E-state index contributed by atoms with van der Waals surface area (Å²) in [7, 11) is 0. The van der Waals surface area contributed by atoms with E-state index in [1.165, 1.54) is 6.07 Å². The lowest BCUT2D eigenvalue weighted by atomic mass is 10.1. The molecule has 0 heterocycles. The molecular formula is C14H14N2O3. The molecule has 0 unspecified atom stereocenters. The smallest absolute Gasteiger partial charge is 0.250 e. The Morgan fingerprint density at radius 2 is 1.79 bits per heavy atom. The summed E-state index contributed by atoms with van der Waals surface area (Å²) in [5.41, 5.74) is 12.1. The first-order valence-corrected chi connectivity index (χ1v) is 5.68. The Kier molecular flexibility index (Phi) is 3.68. The molecule has 0 aliphatic heterocycles. The summed E-state index contributed by atoms with van der Waals surface area (Å²) in [6, 6.07) is 11.8. The molecule has 2 aromatic carbocycles. The molecule has 19 heavy (non-hydrogen) atoms. The van der Waals surface area contributed by atoms with Gasteiger partial charge in [-0.2, -0.15) is 0 Å². The van der Waals surface area contributed by atoms with Gasteiger partial charge in [0.15, 0.2) is 5.75 Å². The maximum Gasteiger partial charge on any atom is 0.250 e. The molecule has 0 aliphatic rings. The second-order valence-electron chi connectivity index (χ2n) is 3.95. The van der Waals surface area contributed by atoms with Crippen LogP contribution >= 0.6 is 0 Å². The van der Waals surface area contributed by atoms with E-state index in [-0.39, 0.29) is 17.9 Å². The molecule has 0 aliphatic carbocycles. The average molecular weight is 258 g/mol. The summed E-state index contributed by atoms with van der Waals surface area (Å²) < 4.78 is 5.63. The number of nitrogen functional groups attached to an aromatic ring is 1. The molecule has 98 valence electrons. The molecule has 5 heteroatoms. The summed E-state index contributed by atoms with van der Waals surface area (Å²) in [4.78, 5) is 11.2. The third-order valence-electron chi connectivity index (χ3n) is 2.69. The van der Waals surface area contributed by atoms with Crippen molar-refractivity contribution in [3.8, 4) is 11.5 Å². The van der Waals surface area contributed by atoms with E-state index in [0.717, 1.165) is 0 Å². The minimum absolute atomic E-state index is 0.147. The number of carbonyl (C=O) groups is 1. The van der Waals surface area contributed by atoms with E-state index in [4.69, 9.17) is 16.2 Å². The molecule has 2 rings (SSSR count). The van der Waals surface area contributed by atoms with Crippen LogP contribution in [0, 0.1) is 0 Å². The van der Waals surface area contributed by atoms with Crippen molar-refractivity contribution in [3.05, 3.63) is 53.6 Å². The van der Waals surface area contributed by atoms with Crippen molar-refractivity contribution in [1.29, 1.82) is 0 Å². The van der Waals surface area contributed by atoms with Crippen molar-refractivity contribution in [1.82, 2.24) is 0 Å². The van der Waals surface area contributed by atoms with Gasteiger partial charge in [-0.25, -0.2) is 0 Å². The van der Waals surface area contributed by atoms with E-state index in [2.05, 4.69) is 0 Å². The van der Waals surface area contributed by atoms with Gasteiger partial charge < -0.3 is 21.3 Å². The Morgan fingerprint density at radius 1 is 1.11 bits per heavy atom. The van der Waals surface area contributed by atoms with Crippen molar-refractivity contribution in [3.63, 3.8) is 0 Å². The number of carbonyl (C=O) groups excluding carboxylic acids is 1. The highest BCUT2D eigenvalue weighted by Gasteiger charge is 2.12. The third-order valence-corrected chi connectivity index (χ3v) is 2.69. The predicted molar refractivity (Wildman–Crippen MR) is 71.8 cm³/mol. The summed E-state index contributed by atoms with van der Waals surface area (Å²) in [6.45, 7) is -0.147. The van der Waals surface area contributed by atoms with Crippen LogP contribution in [0.15, 0.2) is 42.5 Å². The molecule has 0 saturated heterocycles. The molecule has 5 nitrogen and oxygen atoms in total. The number of para-hydroxylation sites is 2. The van der Waals surface area contributed by atoms with Crippen LogP contribution < -0.4 is 16.2 Å². The van der Waals surface area contributed by atoms with Gasteiger partial charge in [-0.05, 0) is 18.2 Å². The molecule has 0 aromatic heterocycles. The fraction of sp³-hybridized carbons (Fsp3) is 0.0714. The maximum atomic E-state index is 11.2. The summed E-state index contributed by atoms with van der Waals surface area (Å²) in [5, 5.41) is 9.22. The van der Waals surface area contributed by atoms with Gasteiger partial charge >= 0.3 is 0 Å². The summed E-state index contributed by atoms with van der Waals surface area (Å²) in [5.74, 6) is 0.203. The quantitative estimate of drug-likeness (QED) is 0.726. The number of rotatable bonds is 4. The van der Waals surface area contributed by atoms with Gasteiger partial charge in [-0.3, -0.25) is 4.79 Å². The highest BCUT2D eigenvalue weighted by molar-refractivity contribution is 5.99. The molecule has 0 spiro atoms. The Bertz CT molecular complexity index is 611. The largest absolute Gasteiger partial charge is 0.455 e. The van der Waals surface area contributed by atoms with Gasteiger partial charge in [0, 0.05) is 5.56 Å². The molecule has 0 saturated carbocycles. The lowest BCUT2D eigenvalue weighted by molar-refractivity contribution is 0.100. The van der Waals surface area contributed by atoms with E-state index in [1.54, 1.807) is 36.4 Å². The summed E-state index contributed by atoms with van der Waals surface area (Å²) >= 11 is 0. The van der Waals surface area contributed by atoms with Gasteiger partial charge in [0.2, 0.25) is 0 Å². The number of anilines is 1. The SMILES string of the molecule is NC(=O)c1cccc(Oc2ccccc2CO)c1N. The van der Waals surface area contributed by atoms with Gasteiger partial charge in [-0.1, -0.05) is 24.3 Å². The molecule has 0 atom stereocenters. The molecular weight excluding hydrogens is 244 g/mol. The van der Waals surface area contributed by atoms with Crippen LogP contribution in [0.4, 0.5) is 5.69 Å². The van der Waals surface area contributed by atoms with Crippen molar-refractivity contribution < 1.29 is 14.6 Å². The monoisotopic (exact) mass is 258 g/mol. The van der Waals surface area contributed by atoms with Crippen LogP contribution in [0.5, 0.6) is 11.5 Å². The Labute approximate surface area is 110 Å². The number of hydrogen-bond donors (Lipinski definition) is 3. The van der Waals surface area contributed by atoms with Crippen molar-refractivity contribution in [2.45, 2.75) is 6.61 Å². The van der Waals surface area contributed by atoms with Gasteiger partial charge in [0.1, 0.15) is 5.75 Å². The fourth-order valence-electron chi connectivity index (χ4n) is 1.70. The van der Waals surface area contributed by atoms with Crippen LogP contribution in [-0.4, -0.2) is 11.0 Å². The molecule has 1 amide bonds. The second kappa shape index (κ2) is 5.41. The molecule has 0 radical (unpaired) electrons. The lowest BCUT2D eigenvalue weighted by Crippen LogP contribution is -2.13. The highest BCUT2D eigenvalue weighted by Crippen LogP contribution is 2.31. The number of amides is 1. The normalized spacial score (nSPS) is 10.2. The van der Waals surface area contributed by atoms with E-state index >= 15 is 0 Å². The van der Waals surface area contributed by atoms with Crippen molar-refractivity contribution in [2.75, 3.05) is 5.73 Å². The van der Waals surface area contributed by atoms with Gasteiger partial charge in [0.05, 0.1) is 17.9 Å². The number of aliphatic hydroxyl groups is 1. The fourth-order valence-corrected chi connectivity index (χ4v) is 1.70. The minimum atomic E-state index is -0.613. The zero-order valence-corrected chi connectivity index (χ0v) is 10.2. The number of aliphatic hydroxyl groups excluding tert-OH is 1. The first-order valence-electron chi connectivity index (χ1n) is 5.68. The third kappa shape index (κ3) is 2.66. The predicted octanol–water partition coefficient (Wildman–Crippen LogP) is 1.65. The lowest BCUT2D eigenvalue weighted by Gasteiger charge is -2.12. The van der Waals surface area contributed by atoms with Crippen molar-refractivity contribution >= 4 is 11.6 Å². The first-order chi connectivity index (χ1) is 9.13. The number of primary amides is 1. The zero-order chi connectivity index (χ0) is 13.8. The van der Waals surface area contributed by atoms with Gasteiger partial charge in [0.25, 0.3) is 5.91 Å².